The molecule has 208 valence electrons. The molecule has 2 amide bonds. The van der Waals surface area contributed by atoms with Crippen molar-refractivity contribution in [3.05, 3.63) is 23.5 Å². The highest BCUT2D eigenvalue weighted by Gasteiger charge is 2.53. The molecule has 0 spiro atoms. The normalized spacial score (nSPS) is 33.2. The zero-order valence-electron chi connectivity index (χ0n) is 22.5. The van der Waals surface area contributed by atoms with Gasteiger partial charge in [-0.1, -0.05) is 20.3 Å². The molecule has 2 N–H and O–H groups in total. The first kappa shape index (κ1) is 26.9. The van der Waals surface area contributed by atoms with Crippen molar-refractivity contribution in [2.24, 2.45) is 16.7 Å². The van der Waals surface area contributed by atoms with E-state index in [4.69, 9.17) is 14.2 Å². The van der Waals surface area contributed by atoms with Gasteiger partial charge in [0, 0.05) is 18.0 Å². The zero-order valence-corrected chi connectivity index (χ0v) is 22.5. The van der Waals surface area contributed by atoms with Gasteiger partial charge in [-0.05, 0) is 62.8 Å². The van der Waals surface area contributed by atoms with Crippen LogP contribution in [0.4, 0.5) is 4.39 Å². The van der Waals surface area contributed by atoms with Gasteiger partial charge in [0.1, 0.15) is 12.0 Å². The van der Waals surface area contributed by atoms with Crippen LogP contribution < -0.4 is 20.1 Å². The van der Waals surface area contributed by atoms with E-state index in [1.807, 2.05) is 6.92 Å². The summed E-state index contributed by atoms with van der Waals surface area (Å²) < 4.78 is 32.2. The summed E-state index contributed by atoms with van der Waals surface area (Å²) >= 11 is 0. The first-order chi connectivity index (χ1) is 18.1. The topological polar surface area (TPSA) is 103 Å². The summed E-state index contributed by atoms with van der Waals surface area (Å²) in [5.74, 6) is -1.58. The predicted octanol–water partition coefficient (Wildman–Crippen LogP) is 3.94. The van der Waals surface area contributed by atoms with Crippen LogP contribution in [0.2, 0.25) is 0 Å². The zero-order chi connectivity index (χ0) is 27.1. The lowest BCUT2D eigenvalue weighted by Gasteiger charge is -2.39. The number of methoxy groups -OCH3 is 1. The number of ether oxygens (including phenoxy) is 3. The maximum absolute atomic E-state index is 14.9. The molecule has 1 aromatic carbocycles. The van der Waals surface area contributed by atoms with Gasteiger partial charge in [0.25, 0.3) is 5.91 Å². The summed E-state index contributed by atoms with van der Waals surface area (Å²) in [6, 6.07) is 2.05. The minimum Gasteiger partial charge on any atom is -0.496 e. The molecule has 2 aliphatic heterocycles. The Balaban J connectivity index is 1.29. The fraction of sp³-hybridized carbons (Fsp3) is 0.690. The Morgan fingerprint density at radius 1 is 1.08 bits per heavy atom. The van der Waals surface area contributed by atoms with Gasteiger partial charge in [0.15, 0.2) is 11.6 Å². The molecule has 2 saturated carbocycles. The number of hydrogen-bond donors (Lipinski definition) is 2. The number of nitrogens with one attached hydrogen (secondary N) is 2. The SMILES string of the molecule is COc1cc(F)c(O[C@H]2CC[C@@](C)(C=O)CC2)cc1C(=O)N[C@H]1[C@@H](C(=O)NCC2(C)CCC2)[C@H]2CC[C@@H]1O2. The highest BCUT2D eigenvalue weighted by molar-refractivity contribution is 5.98. The van der Waals surface area contributed by atoms with E-state index in [1.54, 1.807) is 0 Å². The fourth-order valence-electron chi connectivity index (χ4n) is 6.44. The van der Waals surface area contributed by atoms with Crippen LogP contribution in [-0.4, -0.2) is 56.1 Å². The highest BCUT2D eigenvalue weighted by atomic mass is 19.1. The molecule has 0 radical (unpaired) electrons. The summed E-state index contributed by atoms with van der Waals surface area (Å²) in [6.45, 7) is 4.73. The number of amides is 2. The largest absolute Gasteiger partial charge is 0.496 e. The van der Waals surface area contributed by atoms with Crippen LogP contribution >= 0.6 is 0 Å². The van der Waals surface area contributed by atoms with E-state index in [2.05, 4.69) is 17.6 Å². The van der Waals surface area contributed by atoms with Crippen molar-refractivity contribution in [1.29, 1.82) is 0 Å². The number of benzene rings is 1. The second-order valence-electron chi connectivity index (χ2n) is 12.3. The van der Waals surface area contributed by atoms with Gasteiger partial charge in [-0.2, -0.15) is 0 Å². The molecule has 8 nitrogen and oxygen atoms in total. The van der Waals surface area contributed by atoms with Crippen LogP contribution in [0.5, 0.6) is 11.5 Å². The molecule has 0 unspecified atom stereocenters. The number of halogens is 1. The lowest BCUT2D eigenvalue weighted by molar-refractivity contribution is -0.127. The van der Waals surface area contributed by atoms with Crippen LogP contribution in [0.15, 0.2) is 12.1 Å². The second-order valence-corrected chi connectivity index (χ2v) is 12.3. The molecule has 2 saturated heterocycles. The van der Waals surface area contributed by atoms with E-state index in [1.165, 1.54) is 19.6 Å². The minimum absolute atomic E-state index is 0.0251. The molecule has 1 aromatic rings. The van der Waals surface area contributed by atoms with E-state index in [0.717, 1.165) is 38.0 Å². The quantitative estimate of drug-likeness (QED) is 0.469. The molecular formula is C29H39FN2O6. The maximum atomic E-state index is 14.9. The third kappa shape index (κ3) is 5.26. The second kappa shape index (κ2) is 10.5. The standard InChI is InChI=1S/C29H39FN2O6/c1-28(9-4-10-28)15-31-27(35)24-20-5-6-21(38-20)25(24)32-26(34)18-13-23(19(30)14-22(18)36-3)37-17-7-11-29(2,16-33)12-8-17/h13-14,16-17,20-21,24-25H,4-12,15H2,1-3H3,(H,31,35)(H,32,34)/t17-,20-,21+,24+,25-,29+/m1/s1. The van der Waals surface area contributed by atoms with Crippen LogP contribution in [0.3, 0.4) is 0 Å². The summed E-state index contributed by atoms with van der Waals surface area (Å²) in [4.78, 5) is 38.0. The molecule has 2 aliphatic carbocycles. The van der Waals surface area contributed by atoms with Crippen molar-refractivity contribution in [2.75, 3.05) is 13.7 Å². The first-order valence-electron chi connectivity index (χ1n) is 13.9. The summed E-state index contributed by atoms with van der Waals surface area (Å²) in [5, 5.41) is 6.11. The molecule has 4 atom stereocenters. The molecule has 2 heterocycles. The number of fused-ring (bicyclic) bond motifs is 2. The van der Waals surface area contributed by atoms with Crippen LogP contribution in [0.1, 0.15) is 82.0 Å². The summed E-state index contributed by atoms with van der Waals surface area (Å²) in [6.07, 6.45) is 7.81. The van der Waals surface area contributed by atoms with Gasteiger partial charge in [0.05, 0.1) is 42.9 Å². The smallest absolute Gasteiger partial charge is 0.255 e. The molecule has 4 fully saturated rings. The fourth-order valence-corrected chi connectivity index (χ4v) is 6.44. The average Bonchev–Trinajstić information content (AvgIpc) is 3.50. The Morgan fingerprint density at radius 3 is 2.42 bits per heavy atom. The van der Waals surface area contributed by atoms with Crippen molar-refractivity contribution < 1.29 is 33.0 Å². The van der Waals surface area contributed by atoms with Gasteiger partial charge in [-0.15, -0.1) is 0 Å². The average molecular weight is 531 g/mol. The molecule has 38 heavy (non-hydrogen) atoms. The Hall–Kier alpha value is -2.68. The number of carbonyl (C=O) groups excluding carboxylic acids is 3. The minimum atomic E-state index is -0.618. The molecular weight excluding hydrogens is 491 g/mol. The van der Waals surface area contributed by atoms with Crippen molar-refractivity contribution >= 4 is 18.1 Å². The van der Waals surface area contributed by atoms with Gasteiger partial charge >= 0.3 is 0 Å². The monoisotopic (exact) mass is 530 g/mol. The number of rotatable bonds is 9. The Bertz CT molecular complexity index is 1080. The van der Waals surface area contributed by atoms with Crippen LogP contribution in [0.25, 0.3) is 0 Å². The molecule has 4 aliphatic rings. The number of hydrogen-bond acceptors (Lipinski definition) is 6. The van der Waals surface area contributed by atoms with E-state index in [0.29, 0.717) is 32.2 Å². The molecule has 5 rings (SSSR count). The number of carbonyl (C=O) groups is 3. The lowest BCUT2D eigenvalue weighted by atomic mass is 9.70. The lowest BCUT2D eigenvalue weighted by Crippen LogP contribution is -2.53. The summed E-state index contributed by atoms with van der Waals surface area (Å²) in [5.41, 5.74) is -0.0826. The Kier molecular flexibility index (Phi) is 7.42. The van der Waals surface area contributed by atoms with Gasteiger partial charge < -0.3 is 29.6 Å². The van der Waals surface area contributed by atoms with E-state index < -0.39 is 23.7 Å². The van der Waals surface area contributed by atoms with Crippen LogP contribution in [-0.2, 0) is 14.3 Å². The third-order valence-corrected chi connectivity index (χ3v) is 9.28. The first-order valence-corrected chi connectivity index (χ1v) is 13.9. The highest BCUT2D eigenvalue weighted by Crippen LogP contribution is 2.42. The van der Waals surface area contributed by atoms with Crippen molar-refractivity contribution in [3.63, 3.8) is 0 Å². The Morgan fingerprint density at radius 2 is 1.79 bits per heavy atom. The van der Waals surface area contributed by atoms with Crippen LogP contribution in [0, 0.1) is 22.6 Å². The van der Waals surface area contributed by atoms with Crippen molar-refractivity contribution in [2.45, 2.75) is 96.0 Å². The maximum Gasteiger partial charge on any atom is 0.255 e. The Labute approximate surface area is 223 Å². The van der Waals surface area contributed by atoms with Gasteiger partial charge in [0.2, 0.25) is 5.91 Å². The van der Waals surface area contributed by atoms with E-state index >= 15 is 0 Å². The van der Waals surface area contributed by atoms with Crippen molar-refractivity contribution in [3.8, 4) is 11.5 Å². The molecule has 9 heteroatoms. The van der Waals surface area contributed by atoms with Crippen molar-refractivity contribution in [1.82, 2.24) is 10.6 Å². The predicted molar refractivity (Wildman–Crippen MR) is 138 cm³/mol. The van der Waals surface area contributed by atoms with E-state index in [-0.39, 0.29) is 52.1 Å². The third-order valence-electron chi connectivity index (χ3n) is 9.28. The molecule has 0 aromatic heterocycles. The van der Waals surface area contributed by atoms with Gasteiger partial charge in [-0.25, -0.2) is 4.39 Å². The van der Waals surface area contributed by atoms with E-state index in [9.17, 15) is 18.8 Å². The number of aldehydes is 1. The molecule has 2 bridgehead atoms. The van der Waals surface area contributed by atoms with Gasteiger partial charge in [-0.3, -0.25) is 9.59 Å². The summed E-state index contributed by atoms with van der Waals surface area (Å²) in [7, 11) is 1.38.